The molecule has 1 heterocycles. The van der Waals surface area contributed by atoms with Gasteiger partial charge in [0.15, 0.2) is 0 Å². The minimum atomic E-state index is -4.45. The van der Waals surface area contributed by atoms with E-state index in [0.717, 1.165) is 12.1 Å². The van der Waals surface area contributed by atoms with Crippen LogP contribution in [0, 0.1) is 11.6 Å². The Balaban J connectivity index is 1.91. The minimum Gasteiger partial charge on any atom is -0.379 e. The Morgan fingerprint density at radius 2 is 1.67 bits per heavy atom. The third-order valence-corrected chi connectivity index (χ3v) is 7.17. The molecule has 0 aromatic heterocycles. The normalized spacial score (nSPS) is 16.2. The predicted octanol–water partition coefficient (Wildman–Crippen LogP) is 1.79. The molecular formula is C16H16F2N2O5S2. The molecule has 2 aromatic rings. The molecule has 0 radical (unpaired) electrons. The Kier molecular flexibility index (Phi) is 5.47. The zero-order valence-corrected chi connectivity index (χ0v) is 15.6. The lowest BCUT2D eigenvalue weighted by molar-refractivity contribution is 0.0730. The fraction of sp³-hybridized carbons (Fsp3) is 0.250. The molecule has 0 unspecified atom stereocenters. The average molecular weight is 418 g/mol. The molecule has 0 amide bonds. The predicted molar refractivity (Wildman–Crippen MR) is 93.2 cm³/mol. The number of morpholine rings is 1. The molecule has 2 aromatic carbocycles. The monoisotopic (exact) mass is 418 g/mol. The van der Waals surface area contributed by atoms with Gasteiger partial charge in [-0.15, -0.1) is 0 Å². The van der Waals surface area contributed by atoms with Gasteiger partial charge in [-0.25, -0.2) is 25.6 Å². The molecule has 7 nitrogen and oxygen atoms in total. The third-order valence-electron chi connectivity index (χ3n) is 3.88. The molecule has 1 N–H and O–H groups in total. The van der Waals surface area contributed by atoms with Gasteiger partial charge in [-0.05, 0) is 36.4 Å². The van der Waals surface area contributed by atoms with Crippen molar-refractivity contribution in [3.05, 3.63) is 54.1 Å². The number of hydrogen-bond donors (Lipinski definition) is 1. The topological polar surface area (TPSA) is 92.8 Å². The molecule has 146 valence electrons. The second-order valence-corrected chi connectivity index (χ2v) is 9.31. The first-order chi connectivity index (χ1) is 12.7. The number of nitrogens with one attached hydrogen (secondary N) is 1. The first kappa shape index (κ1) is 19.7. The highest BCUT2D eigenvalue weighted by Gasteiger charge is 2.27. The van der Waals surface area contributed by atoms with E-state index in [4.69, 9.17) is 4.74 Å². The molecule has 27 heavy (non-hydrogen) atoms. The van der Waals surface area contributed by atoms with Crippen LogP contribution in [-0.4, -0.2) is 47.4 Å². The Morgan fingerprint density at radius 3 is 2.37 bits per heavy atom. The van der Waals surface area contributed by atoms with Gasteiger partial charge in [0.1, 0.15) is 16.5 Å². The van der Waals surface area contributed by atoms with Crippen LogP contribution in [0.1, 0.15) is 0 Å². The zero-order valence-electron chi connectivity index (χ0n) is 13.9. The molecule has 1 aliphatic rings. The van der Waals surface area contributed by atoms with Crippen LogP contribution in [0.2, 0.25) is 0 Å². The smallest absolute Gasteiger partial charge is 0.264 e. The molecule has 0 spiro atoms. The molecule has 1 saturated heterocycles. The maximum absolute atomic E-state index is 13.8. The van der Waals surface area contributed by atoms with Crippen LogP contribution >= 0.6 is 0 Å². The van der Waals surface area contributed by atoms with E-state index in [0.29, 0.717) is 12.1 Å². The van der Waals surface area contributed by atoms with Gasteiger partial charge in [0.25, 0.3) is 10.0 Å². The van der Waals surface area contributed by atoms with Gasteiger partial charge in [-0.3, -0.25) is 4.72 Å². The number of hydrogen-bond acceptors (Lipinski definition) is 5. The number of rotatable bonds is 5. The van der Waals surface area contributed by atoms with E-state index < -0.39 is 36.6 Å². The standard InChI is InChI=1S/C16H16F2N2O5S2/c17-12-4-5-15(18)16(10-12)26(21,22)19-13-2-1-3-14(11-13)27(23,24)20-6-8-25-9-7-20/h1-5,10-11,19H,6-9H2. The summed E-state index contributed by atoms with van der Waals surface area (Å²) >= 11 is 0. The van der Waals surface area contributed by atoms with Crippen molar-refractivity contribution in [3.63, 3.8) is 0 Å². The van der Waals surface area contributed by atoms with E-state index in [1.54, 1.807) is 0 Å². The maximum Gasteiger partial charge on any atom is 0.264 e. The summed E-state index contributed by atoms with van der Waals surface area (Å²) < 4.78 is 85.5. The summed E-state index contributed by atoms with van der Waals surface area (Å²) in [5, 5.41) is 0. The summed E-state index contributed by atoms with van der Waals surface area (Å²) in [4.78, 5) is -0.992. The number of nitrogens with zero attached hydrogens (tertiary/aromatic N) is 1. The second-order valence-electron chi connectivity index (χ2n) is 5.72. The van der Waals surface area contributed by atoms with E-state index in [1.807, 2.05) is 0 Å². The number of sulfonamides is 2. The van der Waals surface area contributed by atoms with Gasteiger partial charge < -0.3 is 4.74 Å². The summed E-state index contributed by atoms with van der Waals surface area (Å²) in [7, 11) is -8.28. The van der Waals surface area contributed by atoms with E-state index in [-0.39, 0.29) is 36.9 Å². The highest BCUT2D eigenvalue weighted by Crippen LogP contribution is 2.24. The van der Waals surface area contributed by atoms with Crippen molar-refractivity contribution in [3.8, 4) is 0 Å². The first-order valence-electron chi connectivity index (χ1n) is 7.86. The van der Waals surface area contributed by atoms with E-state index in [1.165, 1.54) is 22.5 Å². The first-order valence-corrected chi connectivity index (χ1v) is 10.8. The number of halogens is 2. The van der Waals surface area contributed by atoms with Crippen molar-refractivity contribution in [2.45, 2.75) is 9.79 Å². The van der Waals surface area contributed by atoms with Gasteiger partial charge in [-0.2, -0.15) is 4.31 Å². The molecular weight excluding hydrogens is 402 g/mol. The van der Waals surface area contributed by atoms with Gasteiger partial charge in [0, 0.05) is 13.1 Å². The summed E-state index contributed by atoms with van der Waals surface area (Å²) in [5.74, 6) is -2.04. The van der Waals surface area contributed by atoms with Crippen LogP contribution in [0.4, 0.5) is 14.5 Å². The molecule has 0 aliphatic carbocycles. The maximum atomic E-state index is 13.8. The fourth-order valence-corrected chi connectivity index (χ4v) is 5.14. The molecule has 0 saturated carbocycles. The molecule has 1 aliphatic heterocycles. The lowest BCUT2D eigenvalue weighted by Gasteiger charge is -2.26. The van der Waals surface area contributed by atoms with Gasteiger partial charge in [0.05, 0.1) is 23.8 Å². The van der Waals surface area contributed by atoms with Crippen molar-refractivity contribution >= 4 is 25.7 Å². The number of benzene rings is 2. The van der Waals surface area contributed by atoms with Crippen molar-refractivity contribution < 1.29 is 30.4 Å². The van der Waals surface area contributed by atoms with Gasteiger partial charge >= 0.3 is 0 Å². The molecule has 0 atom stereocenters. The molecule has 11 heteroatoms. The van der Waals surface area contributed by atoms with Crippen molar-refractivity contribution in [1.82, 2.24) is 4.31 Å². The lowest BCUT2D eigenvalue weighted by Crippen LogP contribution is -2.40. The number of ether oxygens (including phenoxy) is 1. The molecule has 1 fully saturated rings. The molecule has 3 rings (SSSR count). The summed E-state index contributed by atoms with van der Waals surface area (Å²) in [6, 6.07) is 7.16. The fourth-order valence-electron chi connectivity index (χ4n) is 2.55. The highest BCUT2D eigenvalue weighted by atomic mass is 32.2. The Bertz CT molecular complexity index is 1050. The highest BCUT2D eigenvalue weighted by molar-refractivity contribution is 7.92. The van der Waals surface area contributed by atoms with Crippen molar-refractivity contribution in [1.29, 1.82) is 0 Å². The quantitative estimate of drug-likeness (QED) is 0.799. The number of anilines is 1. The van der Waals surface area contributed by atoms with E-state index in [9.17, 15) is 25.6 Å². The van der Waals surface area contributed by atoms with Gasteiger partial charge in [0.2, 0.25) is 10.0 Å². The third kappa shape index (κ3) is 4.26. The van der Waals surface area contributed by atoms with Crippen LogP contribution in [0.25, 0.3) is 0 Å². The van der Waals surface area contributed by atoms with Crippen molar-refractivity contribution in [2.24, 2.45) is 0 Å². The summed E-state index contributed by atoms with van der Waals surface area (Å²) in [5.41, 5.74) is -0.0898. The van der Waals surface area contributed by atoms with E-state index >= 15 is 0 Å². The van der Waals surface area contributed by atoms with Gasteiger partial charge in [-0.1, -0.05) is 6.07 Å². The van der Waals surface area contributed by atoms with Crippen LogP contribution < -0.4 is 4.72 Å². The van der Waals surface area contributed by atoms with Crippen molar-refractivity contribution in [2.75, 3.05) is 31.0 Å². The van der Waals surface area contributed by atoms with Crippen LogP contribution in [0.15, 0.2) is 52.3 Å². The Morgan fingerprint density at radius 1 is 0.963 bits per heavy atom. The minimum absolute atomic E-state index is 0.0898. The zero-order chi connectivity index (χ0) is 19.7. The SMILES string of the molecule is O=S(=O)(Nc1cccc(S(=O)(=O)N2CCOCC2)c1)c1cc(F)ccc1F. The lowest BCUT2D eigenvalue weighted by atomic mass is 10.3. The largest absolute Gasteiger partial charge is 0.379 e. The summed E-state index contributed by atoms with van der Waals surface area (Å²) in [6.07, 6.45) is 0. The Labute approximate surface area is 155 Å². The van der Waals surface area contributed by atoms with Crippen LogP contribution in [0.3, 0.4) is 0 Å². The second kappa shape index (κ2) is 7.50. The average Bonchev–Trinajstić information content (AvgIpc) is 2.64. The molecule has 0 bridgehead atoms. The van der Waals surface area contributed by atoms with Crippen LogP contribution in [0.5, 0.6) is 0 Å². The van der Waals surface area contributed by atoms with Crippen LogP contribution in [-0.2, 0) is 24.8 Å². The van der Waals surface area contributed by atoms with E-state index in [2.05, 4.69) is 4.72 Å². The Hall–Kier alpha value is -2.08. The summed E-state index contributed by atoms with van der Waals surface area (Å²) in [6.45, 7) is 0.911.